The van der Waals surface area contributed by atoms with Gasteiger partial charge in [-0.05, 0) is 19.4 Å². The minimum atomic E-state index is 0.0518. The summed E-state index contributed by atoms with van der Waals surface area (Å²) in [6, 6.07) is 1.72. The highest BCUT2D eigenvalue weighted by Gasteiger charge is 2.22. The maximum absolute atomic E-state index is 12.3. The van der Waals surface area contributed by atoms with Gasteiger partial charge < -0.3 is 14.2 Å². The van der Waals surface area contributed by atoms with Gasteiger partial charge in [-0.1, -0.05) is 0 Å². The second kappa shape index (κ2) is 5.66. The van der Waals surface area contributed by atoms with E-state index in [9.17, 15) is 4.79 Å². The Bertz CT molecular complexity index is 579. The molecule has 1 aliphatic rings. The summed E-state index contributed by atoms with van der Waals surface area (Å²) in [5, 5.41) is 3.12. The molecule has 0 radical (unpaired) electrons. The lowest BCUT2D eigenvalue weighted by Crippen LogP contribution is -2.35. The molecule has 5 nitrogen and oxygen atoms in total. The van der Waals surface area contributed by atoms with Crippen molar-refractivity contribution >= 4 is 22.4 Å². The number of hydrogen-bond acceptors (Lipinski definition) is 5. The van der Waals surface area contributed by atoms with Gasteiger partial charge in [-0.15, -0.1) is 11.3 Å². The Balaban J connectivity index is 1.66. The fourth-order valence-corrected chi connectivity index (χ4v) is 3.22. The Kier molecular flexibility index (Phi) is 3.73. The molecule has 0 saturated carbocycles. The topological polar surface area (TPSA) is 49.6 Å². The first-order chi connectivity index (χ1) is 9.74. The highest BCUT2D eigenvalue weighted by atomic mass is 32.1. The molecule has 0 aromatic carbocycles. The van der Waals surface area contributed by atoms with Crippen molar-refractivity contribution in [3.05, 3.63) is 35.2 Å². The van der Waals surface area contributed by atoms with Gasteiger partial charge in [-0.3, -0.25) is 4.79 Å². The van der Waals surface area contributed by atoms with Crippen LogP contribution in [0.5, 0.6) is 0 Å². The highest BCUT2D eigenvalue weighted by Crippen LogP contribution is 2.21. The molecule has 1 aliphatic heterocycles. The van der Waals surface area contributed by atoms with E-state index in [1.807, 2.05) is 11.8 Å². The van der Waals surface area contributed by atoms with Crippen LogP contribution in [0, 0.1) is 6.92 Å². The van der Waals surface area contributed by atoms with E-state index in [2.05, 4.69) is 15.3 Å². The molecule has 0 unspecified atom stereocenters. The number of nitrogens with zero attached hydrogens (tertiary/aromatic N) is 3. The first kappa shape index (κ1) is 13.2. The molecule has 0 spiro atoms. The van der Waals surface area contributed by atoms with Gasteiger partial charge in [-0.2, -0.15) is 0 Å². The van der Waals surface area contributed by atoms with Gasteiger partial charge in [0.15, 0.2) is 5.13 Å². The van der Waals surface area contributed by atoms with Crippen LogP contribution in [-0.2, 0) is 0 Å². The molecule has 1 amide bonds. The van der Waals surface area contributed by atoms with Crippen LogP contribution in [0.3, 0.4) is 0 Å². The molecule has 3 rings (SSSR count). The van der Waals surface area contributed by atoms with Gasteiger partial charge >= 0.3 is 0 Å². The fourth-order valence-electron chi connectivity index (χ4n) is 2.37. The van der Waals surface area contributed by atoms with Crippen molar-refractivity contribution in [2.24, 2.45) is 0 Å². The molecular weight excluding hydrogens is 274 g/mol. The van der Waals surface area contributed by atoms with Crippen molar-refractivity contribution in [2.75, 3.05) is 31.1 Å². The third kappa shape index (κ3) is 2.70. The minimum Gasteiger partial charge on any atom is -0.472 e. The number of carbonyl (C=O) groups is 1. The van der Waals surface area contributed by atoms with E-state index in [1.54, 1.807) is 17.4 Å². The van der Waals surface area contributed by atoms with Crippen molar-refractivity contribution < 1.29 is 9.21 Å². The standard InChI is InChI=1S/C14H17N3O2S/c1-11-10-20-14(15-11)17-5-2-4-16(6-7-17)13(18)12-3-8-19-9-12/h3,8-10H,2,4-7H2,1H3. The zero-order valence-electron chi connectivity index (χ0n) is 11.4. The van der Waals surface area contributed by atoms with Crippen LogP contribution in [0.15, 0.2) is 28.4 Å². The summed E-state index contributed by atoms with van der Waals surface area (Å²) >= 11 is 1.67. The predicted molar refractivity (Wildman–Crippen MR) is 78.3 cm³/mol. The Morgan fingerprint density at radius 1 is 1.35 bits per heavy atom. The highest BCUT2D eigenvalue weighted by molar-refractivity contribution is 7.13. The zero-order valence-corrected chi connectivity index (χ0v) is 12.2. The van der Waals surface area contributed by atoms with Crippen LogP contribution < -0.4 is 4.90 Å². The van der Waals surface area contributed by atoms with Gasteiger partial charge in [-0.25, -0.2) is 4.98 Å². The summed E-state index contributed by atoms with van der Waals surface area (Å²) in [5.74, 6) is 0.0518. The van der Waals surface area contributed by atoms with Crippen LogP contribution in [0.2, 0.25) is 0 Å². The minimum absolute atomic E-state index is 0.0518. The molecule has 20 heavy (non-hydrogen) atoms. The Labute approximate surface area is 121 Å². The largest absolute Gasteiger partial charge is 0.472 e. The number of thiazole rings is 1. The molecule has 0 bridgehead atoms. The smallest absolute Gasteiger partial charge is 0.257 e. The quantitative estimate of drug-likeness (QED) is 0.852. The van der Waals surface area contributed by atoms with E-state index >= 15 is 0 Å². The summed E-state index contributed by atoms with van der Waals surface area (Å²) in [6.45, 7) is 5.29. The summed E-state index contributed by atoms with van der Waals surface area (Å²) in [5.41, 5.74) is 1.68. The number of carbonyl (C=O) groups excluding carboxylic acids is 1. The number of aromatic nitrogens is 1. The average Bonchev–Trinajstić information content (AvgIpc) is 3.05. The second-order valence-electron chi connectivity index (χ2n) is 4.92. The van der Waals surface area contributed by atoms with Gasteiger partial charge in [0.2, 0.25) is 0 Å². The Morgan fingerprint density at radius 2 is 2.25 bits per heavy atom. The van der Waals surface area contributed by atoms with Crippen molar-refractivity contribution in [2.45, 2.75) is 13.3 Å². The van der Waals surface area contributed by atoms with E-state index in [1.165, 1.54) is 12.5 Å². The molecule has 0 N–H and O–H groups in total. The molecule has 2 aromatic rings. The van der Waals surface area contributed by atoms with Gasteiger partial charge in [0, 0.05) is 31.6 Å². The summed E-state index contributed by atoms with van der Waals surface area (Å²) in [4.78, 5) is 21.0. The third-order valence-corrected chi connectivity index (χ3v) is 4.45. The molecule has 3 heterocycles. The molecule has 0 aliphatic carbocycles. The monoisotopic (exact) mass is 291 g/mol. The maximum atomic E-state index is 12.3. The number of amides is 1. The van der Waals surface area contributed by atoms with E-state index in [4.69, 9.17) is 4.42 Å². The number of anilines is 1. The van der Waals surface area contributed by atoms with Crippen LogP contribution >= 0.6 is 11.3 Å². The van der Waals surface area contributed by atoms with E-state index in [0.29, 0.717) is 5.56 Å². The molecular formula is C14H17N3O2S. The Hall–Kier alpha value is -1.82. The molecule has 106 valence electrons. The number of hydrogen-bond donors (Lipinski definition) is 0. The van der Waals surface area contributed by atoms with Crippen LogP contribution in [0.1, 0.15) is 22.5 Å². The fraction of sp³-hybridized carbons (Fsp3) is 0.429. The molecule has 1 saturated heterocycles. The van der Waals surface area contributed by atoms with Crippen molar-refractivity contribution in [3.63, 3.8) is 0 Å². The average molecular weight is 291 g/mol. The normalized spacial score (nSPS) is 16.2. The second-order valence-corrected chi connectivity index (χ2v) is 5.75. The SMILES string of the molecule is Cc1csc(N2CCCN(C(=O)c3ccoc3)CC2)n1. The summed E-state index contributed by atoms with van der Waals surface area (Å²) in [7, 11) is 0. The van der Waals surface area contributed by atoms with E-state index in [0.717, 1.165) is 43.4 Å². The zero-order chi connectivity index (χ0) is 13.9. The third-order valence-electron chi connectivity index (χ3n) is 3.43. The number of rotatable bonds is 2. The van der Waals surface area contributed by atoms with Gasteiger partial charge in [0.25, 0.3) is 5.91 Å². The van der Waals surface area contributed by atoms with E-state index in [-0.39, 0.29) is 5.91 Å². The number of furan rings is 1. The lowest BCUT2D eigenvalue weighted by molar-refractivity contribution is 0.0766. The van der Waals surface area contributed by atoms with Crippen LogP contribution in [-0.4, -0.2) is 42.0 Å². The predicted octanol–water partition coefficient (Wildman–Crippen LogP) is 2.40. The Morgan fingerprint density at radius 3 is 2.95 bits per heavy atom. The number of aryl methyl sites for hydroxylation is 1. The van der Waals surface area contributed by atoms with Crippen molar-refractivity contribution in [1.29, 1.82) is 0 Å². The molecule has 6 heteroatoms. The summed E-state index contributed by atoms with van der Waals surface area (Å²) < 4.78 is 4.98. The molecule has 2 aromatic heterocycles. The van der Waals surface area contributed by atoms with Crippen molar-refractivity contribution in [3.8, 4) is 0 Å². The lowest BCUT2D eigenvalue weighted by atomic mass is 10.3. The maximum Gasteiger partial charge on any atom is 0.257 e. The van der Waals surface area contributed by atoms with Crippen LogP contribution in [0.4, 0.5) is 5.13 Å². The van der Waals surface area contributed by atoms with Crippen molar-refractivity contribution in [1.82, 2.24) is 9.88 Å². The molecule has 0 atom stereocenters. The van der Waals surface area contributed by atoms with Gasteiger partial charge in [0.05, 0.1) is 17.5 Å². The van der Waals surface area contributed by atoms with Crippen LogP contribution in [0.25, 0.3) is 0 Å². The van der Waals surface area contributed by atoms with E-state index < -0.39 is 0 Å². The first-order valence-corrected chi connectivity index (χ1v) is 7.60. The molecule has 1 fully saturated rings. The lowest BCUT2D eigenvalue weighted by Gasteiger charge is -2.21. The first-order valence-electron chi connectivity index (χ1n) is 6.72. The van der Waals surface area contributed by atoms with Gasteiger partial charge in [0.1, 0.15) is 6.26 Å². The summed E-state index contributed by atoms with van der Waals surface area (Å²) in [6.07, 6.45) is 4.01.